The summed E-state index contributed by atoms with van der Waals surface area (Å²) in [5.41, 5.74) is 0.963. The normalized spacial score (nSPS) is 10.4. The minimum Gasteiger partial charge on any atom is -0.439 e. The Morgan fingerprint density at radius 1 is 1.07 bits per heavy atom. The van der Waals surface area contributed by atoms with Crippen molar-refractivity contribution in [3.63, 3.8) is 0 Å². The fourth-order valence-electron chi connectivity index (χ4n) is 2.35. The van der Waals surface area contributed by atoms with Crippen molar-refractivity contribution in [2.75, 3.05) is 16.5 Å². The molecule has 0 spiro atoms. The first-order valence-electron chi connectivity index (χ1n) is 8.16. The summed E-state index contributed by atoms with van der Waals surface area (Å²) < 4.78 is 32.2. The molecule has 0 bridgehead atoms. The first-order valence-corrected chi connectivity index (χ1v) is 8.70. The van der Waals surface area contributed by atoms with Gasteiger partial charge in [-0.15, -0.1) is 11.6 Å². The maximum Gasteiger partial charge on any atom is 0.239 e. The van der Waals surface area contributed by atoms with E-state index >= 15 is 0 Å². The highest BCUT2D eigenvalue weighted by molar-refractivity contribution is 6.29. The standard InChI is InChI=1S/C19H15ClF2N4O2/c20-9-18(27)26-15-2-1-3-16(7-15)28-19-8-17(24-11-25-19)23-10-12-4-13(21)6-14(22)5-12/h1-8,11H,9-10H2,(H,26,27)(H,23,24,25). The second-order valence-corrected chi connectivity index (χ2v) is 5.95. The molecule has 0 aliphatic heterocycles. The molecular formula is C19H15ClF2N4O2. The summed E-state index contributed by atoms with van der Waals surface area (Å²) in [7, 11) is 0. The summed E-state index contributed by atoms with van der Waals surface area (Å²) in [6.45, 7) is 0.172. The molecule has 0 unspecified atom stereocenters. The molecular weight excluding hydrogens is 390 g/mol. The summed E-state index contributed by atoms with van der Waals surface area (Å²) in [5.74, 6) is -0.661. The number of alkyl halides is 1. The van der Waals surface area contributed by atoms with Gasteiger partial charge in [0.1, 0.15) is 35.4 Å². The van der Waals surface area contributed by atoms with Gasteiger partial charge < -0.3 is 15.4 Å². The molecule has 3 rings (SSSR count). The number of benzene rings is 2. The summed E-state index contributed by atoms with van der Waals surface area (Å²) in [6.07, 6.45) is 1.29. The number of halogens is 3. The van der Waals surface area contributed by atoms with Gasteiger partial charge in [0.05, 0.1) is 0 Å². The van der Waals surface area contributed by atoms with E-state index in [2.05, 4.69) is 20.6 Å². The van der Waals surface area contributed by atoms with Crippen LogP contribution in [0.4, 0.5) is 20.3 Å². The van der Waals surface area contributed by atoms with Crippen LogP contribution < -0.4 is 15.4 Å². The molecule has 3 aromatic rings. The molecule has 9 heteroatoms. The van der Waals surface area contributed by atoms with E-state index in [0.717, 1.165) is 6.07 Å². The lowest BCUT2D eigenvalue weighted by Crippen LogP contribution is -2.12. The van der Waals surface area contributed by atoms with Gasteiger partial charge in [0, 0.05) is 30.4 Å². The van der Waals surface area contributed by atoms with Crippen molar-refractivity contribution in [3.8, 4) is 11.6 Å². The number of hydrogen-bond acceptors (Lipinski definition) is 5. The summed E-state index contributed by atoms with van der Waals surface area (Å²) >= 11 is 5.47. The average molecular weight is 405 g/mol. The van der Waals surface area contributed by atoms with Gasteiger partial charge in [-0.25, -0.2) is 18.7 Å². The lowest BCUT2D eigenvalue weighted by atomic mass is 10.2. The Morgan fingerprint density at radius 3 is 2.61 bits per heavy atom. The summed E-state index contributed by atoms with van der Waals surface area (Å²) in [4.78, 5) is 19.4. The van der Waals surface area contributed by atoms with Crippen LogP contribution in [0.2, 0.25) is 0 Å². The minimum atomic E-state index is -0.648. The Morgan fingerprint density at radius 2 is 1.86 bits per heavy atom. The number of hydrogen-bond donors (Lipinski definition) is 2. The fraction of sp³-hybridized carbons (Fsp3) is 0.105. The number of aromatic nitrogens is 2. The number of carbonyl (C=O) groups excluding carboxylic acids is 1. The van der Waals surface area contributed by atoms with Crippen molar-refractivity contribution in [1.82, 2.24) is 9.97 Å². The monoisotopic (exact) mass is 404 g/mol. The summed E-state index contributed by atoms with van der Waals surface area (Å²) in [5, 5.41) is 5.57. The molecule has 0 atom stereocenters. The maximum absolute atomic E-state index is 13.2. The van der Waals surface area contributed by atoms with Gasteiger partial charge in [-0.1, -0.05) is 6.07 Å². The number of carbonyl (C=O) groups is 1. The maximum atomic E-state index is 13.2. The zero-order valence-electron chi connectivity index (χ0n) is 14.5. The third-order valence-corrected chi connectivity index (χ3v) is 3.74. The average Bonchev–Trinajstić information content (AvgIpc) is 2.66. The highest BCUT2D eigenvalue weighted by Crippen LogP contribution is 2.24. The van der Waals surface area contributed by atoms with Crippen LogP contribution in [0.5, 0.6) is 11.6 Å². The second kappa shape index (κ2) is 9.09. The Kier molecular flexibility index (Phi) is 6.33. The largest absolute Gasteiger partial charge is 0.439 e. The van der Waals surface area contributed by atoms with Crippen molar-refractivity contribution < 1.29 is 18.3 Å². The lowest BCUT2D eigenvalue weighted by Gasteiger charge is -2.09. The number of anilines is 2. The molecule has 1 aromatic heterocycles. The van der Waals surface area contributed by atoms with E-state index < -0.39 is 11.6 Å². The Hall–Kier alpha value is -3.26. The molecule has 1 amide bonds. The van der Waals surface area contributed by atoms with E-state index in [1.165, 1.54) is 18.5 Å². The van der Waals surface area contributed by atoms with Crippen LogP contribution in [-0.2, 0) is 11.3 Å². The van der Waals surface area contributed by atoms with Gasteiger partial charge in [0.15, 0.2) is 0 Å². The lowest BCUT2D eigenvalue weighted by molar-refractivity contribution is -0.113. The topological polar surface area (TPSA) is 76.1 Å². The van der Waals surface area contributed by atoms with Gasteiger partial charge in [-0.3, -0.25) is 4.79 Å². The molecule has 0 saturated heterocycles. The van der Waals surface area contributed by atoms with Crippen LogP contribution in [-0.4, -0.2) is 21.8 Å². The van der Waals surface area contributed by atoms with Crippen LogP contribution in [0, 0.1) is 11.6 Å². The van der Waals surface area contributed by atoms with Crippen LogP contribution in [0.15, 0.2) is 54.9 Å². The second-order valence-electron chi connectivity index (χ2n) is 5.68. The molecule has 2 N–H and O–H groups in total. The summed E-state index contributed by atoms with van der Waals surface area (Å²) in [6, 6.07) is 11.5. The molecule has 0 radical (unpaired) electrons. The van der Waals surface area contributed by atoms with Gasteiger partial charge in [-0.05, 0) is 29.8 Å². The third-order valence-electron chi connectivity index (χ3n) is 3.50. The molecule has 28 heavy (non-hydrogen) atoms. The molecule has 0 aliphatic carbocycles. The first-order chi connectivity index (χ1) is 13.5. The molecule has 1 heterocycles. The van der Waals surface area contributed by atoms with Crippen molar-refractivity contribution in [1.29, 1.82) is 0 Å². The Balaban J connectivity index is 1.66. The molecule has 144 valence electrons. The van der Waals surface area contributed by atoms with Crippen molar-refractivity contribution >= 4 is 29.0 Å². The SMILES string of the molecule is O=C(CCl)Nc1cccc(Oc2cc(NCc3cc(F)cc(F)c3)ncn2)c1. The highest BCUT2D eigenvalue weighted by Gasteiger charge is 2.06. The predicted octanol–water partition coefficient (Wildman–Crippen LogP) is 4.34. The van der Waals surface area contributed by atoms with E-state index in [9.17, 15) is 13.6 Å². The molecule has 6 nitrogen and oxygen atoms in total. The van der Waals surface area contributed by atoms with Crippen LogP contribution in [0.1, 0.15) is 5.56 Å². The first kappa shape index (κ1) is 19.5. The zero-order valence-corrected chi connectivity index (χ0v) is 15.2. The van der Waals surface area contributed by atoms with E-state index in [1.807, 2.05) is 0 Å². The van der Waals surface area contributed by atoms with Crippen LogP contribution >= 0.6 is 11.6 Å². The quantitative estimate of drug-likeness (QED) is 0.573. The van der Waals surface area contributed by atoms with Crippen molar-refractivity contribution in [2.24, 2.45) is 0 Å². The Labute approximate surface area is 164 Å². The van der Waals surface area contributed by atoms with Crippen LogP contribution in [0.3, 0.4) is 0 Å². The van der Waals surface area contributed by atoms with E-state index in [0.29, 0.717) is 22.8 Å². The van der Waals surface area contributed by atoms with Gasteiger partial charge in [0.2, 0.25) is 11.8 Å². The molecule has 2 aromatic carbocycles. The predicted molar refractivity (Wildman–Crippen MR) is 102 cm³/mol. The minimum absolute atomic E-state index is 0.152. The number of rotatable bonds is 7. The van der Waals surface area contributed by atoms with Crippen molar-refractivity contribution in [3.05, 3.63) is 72.1 Å². The smallest absolute Gasteiger partial charge is 0.239 e. The zero-order chi connectivity index (χ0) is 19.9. The van der Waals surface area contributed by atoms with E-state index in [4.69, 9.17) is 16.3 Å². The number of ether oxygens (including phenoxy) is 1. The van der Waals surface area contributed by atoms with Gasteiger partial charge in [-0.2, -0.15) is 0 Å². The van der Waals surface area contributed by atoms with Gasteiger partial charge in [0.25, 0.3) is 0 Å². The highest BCUT2D eigenvalue weighted by atomic mass is 35.5. The van der Waals surface area contributed by atoms with Gasteiger partial charge >= 0.3 is 0 Å². The van der Waals surface area contributed by atoms with E-state index in [1.54, 1.807) is 30.3 Å². The van der Waals surface area contributed by atoms with Crippen LogP contribution in [0.25, 0.3) is 0 Å². The molecule has 0 fully saturated rings. The molecule has 0 saturated carbocycles. The van der Waals surface area contributed by atoms with E-state index in [-0.39, 0.29) is 24.2 Å². The fourth-order valence-corrected chi connectivity index (χ4v) is 2.42. The van der Waals surface area contributed by atoms with Crippen molar-refractivity contribution in [2.45, 2.75) is 6.54 Å². The Bertz CT molecular complexity index is 967. The number of nitrogens with one attached hydrogen (secondary N) is 2. The third kappa shape index (κ3) is 5.62. The number of nitrogens with zero attached hydrogens (tertiary/aromatic N) is 2. The molecule has 0 aliphatic rings. The number of amides is 1.